The summed E-state index contributed by atoms with van der Waals surface area (Å²) in [5, 5.41) is 13.9. The lowest BCUT2D eigenvalue weighted by atomic mass is 10.1. The summed E-state index contributed by atoms with van der Waals surface area (Å²) < 4.78 is 5.56. The van der Waals surface area contributed by atoms with Crippen LogP contribution >= 0.6 is 0 Å². The molecule has 1 aromatic rings. The van der Waals surface area contributed by atoms with E-state index < -0.39 is 0 Å². The fourth-order valence-electron chi connectivity index (χ4n) is 1.63. The number of carbonyl (C=O) groups excluding carboxylic acids is 1. The van der Waals surface area contributed by atoms with Crippen molar-refractivity contribution in [2.75, 3.05) is 25.5 Å². The summed E-state index contributed by atoms with van der Waals surface area (Å²) in [6.07, 6.45) is 0. The summed E-state index contributed by atoms with van der Waals surface area (Å²) in [5.74, 6) is 0.383. The molecule has 1 aromatic heterocycles. The molecule has 0 aromatic carbocycles. The predicted octanol–water partition coefficient (Wildman–Crippen LogP) is 0.776. The minimum Gasteiger partial charge on any atom is -0.407 e. The quantitative estimate of drug-likeness (QED) is 0.802. The Morgan fingerprint density at radius 1 is 1.40 bits per heavy atom. The van der Waals surface area contributed by atoms with E-state index in [1.54, 1.807) is 11.9 Å². The Morgan fingerprint density at radius 3 is 2.60 bits per heavy atom. The molecular weight excluding hydrogens is 258 g/mol. The third kappa shape index (κ3) is 5.16. The van der Waals surface area contributed by atoms with Crippen molar-refractivity contribution in [2.24, 2.45) is 5.92 Å². The van der Waals surface area contributed by atoms with E-state index in [4.69, 9.17) is 4.42 Å². The van der Waals surface area contributed by atoms with Gasteiger partial charge in [0.1, 0.15) is 0 Å². The third-order valence-corrected chi connectivity index (χ3v) is 2.79. The highest BCUT2D eigenvalue weighted by atomic mass is 16.4. The van der Waals surface area contributed by atoms with Crippen LogP contribution in [0, 0.1) is 5.92 Å². The fourth-order valence-corrected chi connectivity index (χ4v) is 1.63. The summed E-state index contributed by atoms with van der Waals surface area (Å²) in [6.45, 7) is 9.11. The molecule has 1 heterocycles. The van der Waals surface area contributed by atoms with Gasteiger partial charge >= 0.3 is 6.01 Å². The lowest BCUT2D eigenvalue weighted by Gasteiger charge is -2.19. The van der Waals surface area contributed by atoms with Gasteiger partial charge in [0.15, 0.2) is 0 Å². The zero-order valence-corrected chi connectivity index (χ0v) is 13.1. The van der Waals surface area contributed by atoms with Crippen molar-refractivity contribution >= 4 is 11.9 Å². The number of hydrogen-bond acceptors (Lipinski definition) is 6. The molecule has 0 bridgehead atoms. The van der Waals surface area contributed by atoms with Crippen LogP contribution in [0.5, 0.6) is 0 Å². The number of amides is 1. The van der Waals surface area contributed by atoms with Crippen LogP contribution in [0.3, 0.4) is 0 Å². The van der Waals surface area contributed by atoms with Crippen molar-refractivity contribution < 1.29 is 9.21 Å². The summed E-state index contributed by atoms with van der Waals surface area (Å²) in [4.78, 5) is 13.3. The molecule has 0 radical (unpaired) electrons. The molecule has 0 saturated heterocycles. The fraction of sp³-hybridized carbons (Fsp3) is 0.769. The van der Waals surface area contributed by atoms with Gasteiger partial charge < -0.3 is 20.0 Å². The van der Waals surface area contributed by atoms with Crippen molar-refractivity contribution in [1.82, 2.24) is 20.8 Å². The van der Waals surface area contributed by atoms with Gasteiger partial charge in [-0.15, -0.1) is 5.10 Å². The molecule has 0 aliphatic heterocycles. The minimum atomic E-state index is -0.145. The van der Waals surface area contributed by atoms with E-state index in [0.717, 1.165) is 0 Å². The minimum absolute atomic E-state index is 0.00569. The van der Waals surface area contributed by atoms with E-state index in [1.165, 1.54) is 0 Å². The van der Waals surface area contributed by atoms with Gasteiger partial charge in [-0.2, -0.15) is 0 Å². The molecule has 20 heavy (non-hydrogen) atoms. The Kier molecular flexibility index (Phi) is 5.50. The van der Waals surface area contributed by atoms with Crippen LogP contribution in [0.25, 0.3) is 0 Å². The van der Waals surface area contributed by atoms with Gasteiger partial charge in [0.05, 0.1) is 12.5 Å². The van der Waals surface area contributed by atoms with Gasteiger partial charge in [0.25, 0.3) is 0 Å². The second-order valence-electron chi connectivity index (χ2n) is 5.98. The molecule has 1 unspecified atom stereocenters. The van der Waals surface area contributed by atoms with E-state index in [-0.39, 0.29) is 17.4 Å². The molecule has 0 aliphatic rings. The van der Waals surface area contributed by atoms with Crippen molar-refractivity contribution in [2.45, 2.75) is 39.8 Å². The normalized spacial score (nSPS) is 13.1. The van der Waals surface area contributed by atoms with E-state index in [1.807, 2.05) is 14.0 Å². The molecule has 1 amide bonds. The number of aromatic nitrogens is 2. The van der Waals surface area contributed by atoms with Crippen LogP contribution in [-0.4, -0.2) is 42.3 Å². The van der Waals surface area contributed by atoms with Gasteiger partial charge in [-0.1, -0.05) is 12.0 Å². The van der Waals surface area contributed by atoms with Crippen LogP contribution < -0.4 is 15.5 Å². The number of rotatable bonds is 6. The average Bonchev–Trinajstić information content (AvgIpc) is 2.83. The van der Waals surface area contributed by atoms with Crippen LogP contribution in [0.2, 0.25) is 0 Å². The SMILES string of the molecule is CNC(=O)C(C)CN(C)c1nnc(CNC(C)(C)C)o1. The summed E-state index contributed by atoms with van der Waals surface area (Å²) >= 11 is 0. The second-order valence-corrected chi connectivity index (χ2v) is 5.98. The van der Waals surface area contributed by atoms with E-state index >= 15 is 0 Å². The molecule has 0 aliphatic carbocycles. The predicted molar refractivity (Wildman–Crippen MR) is 77.4 cm³/mol. The van der Waals surface area contributed by atoms with Crippen LogP contribution in [0.15, 0.2) is 4.42 Å². The van der Waals surface area contributed by atoms with E-state index in [9.17, 15) is 4.79 Å². The number of nitrogens with zero attached hydrogens (tertiary/aromatic N) is 3. The first-order valence-electron chi connectivity index (χ1n) is 6.73. The second kappa shape index (κ2) is 6.69. The zero-order valence-electron chi connectivity index (χ0n) is 13.1. The highest BCUT2D eigenvalue weighted by molar-refractivity contribution is 5.78. The molecule has 2 N–H and O–H groups in total. The monoisotopic (exact) mass is 283 g/mol. The Bertz CT molecular complexity index is 438. The maximum atomic E-state index is 11.5. The number of carbonyl (C=O) groups is 1. The molecule has 114 valence electrons. The number of anilines is 1. The molecule has 0 fully saturated rings. The van der Waals surface area contributed by atoms with Gasteiger partial charge in [-0.05, 0) is 20.8 Å². The molecule has 7 heteroatoms. The molecule has 0 spiro atoms. The van der Waals surface area contributed by atoms with Crippen molar-refractivity contribution in [3.05, 3.63) is 5.89 Å². The summed E-state index contributed by atoms with van der Waals surface area (Å²) in [5.41, 5.74) is -0.00569. The summed E-state index contributed by atoms with van der Waals surface area (Å²) in [6, 6.07) is 0.423. The van der Waals surface area contributed by atoms with E-state index in [2.05, 4.69) is 41.6 Å². The molecule has 1 rings (SSSR count). The standard InChI is InChI=1S/C13H25N5O2/c1-9(11(19)14-5)8-18(6)12-17-16-10(20-12)7-15-13(2,3)4/h9,15H,7-8H2,1-6H3,(H,14,19). The first-order chi connectivity index (χ1) is 9.23. The molecule has 7 nitrogen and oxygen atoms in total. The Hall–Kier alpha value is -1.63. The zero-order chi connectivity index (χ0) is 15.3. The highest BCUT2D eigenvalue weighted by Gasteiger charge is 2.18. The van der Waals surface area contributed by atoms with Crippen molar-refractivity contribution in [3.63, 3.8) is 0 Å². The van der Waals surface area contributed by atoms with Crippen LogP contribution in [0.4, 0.5) is 6.01 Å². The Morgan fingerprint density at radius 2 is 2.05 bits per heavy atom. The molecular formula is C13H25N5O2. The molecule has 1 atom stereocenters. The largest absolute Gasteiger partial charge is 0.407 e. The first-order valence-corrected chi connectivity index (χ1v) is 6.73. The highest BCUT2D eigenvalue weighted by Crippen LogP contribution is 2.13. The smallest absolute Gasteiger partial charge is 0.317 e. The topological polar surface area (TPSA) is 83.3 Å². The Labute approximate surface area is 120 Å². The van der Waals surface area contributed by atoms with Crippen molar-refractivity contribution in [1.29, 1.82) is 0 Å². The Balaban J connectivity index is 2.56. The number of nitrogens with one attached hydrogen (secondary N) is 2. The summed E-state index contributed by atoms with van der Waals surface area (Å²) in [7, 11) is 3.45. The molecule has 0 saturated carbocycles. The van der Waals surface area contributed by atoms with Crippen molar-refractivity contribution in [3.8, 4) is 0 Å². The van der Waals surface area contributed by atoms with Gasteiger partial charge in [-0.3, -0.25) is 4.79 Å². The van der Waals surface area contributed by atoms with Gasteiger partial charge in [-0.25, -0.2) is 0 Å². The lowest BCUT2D eigenvalue weighted by molar-refractivity contribution is -0.123. The third-order valence-electron chi connectivity index (χ3n) is 2.79. The van der Waals surface area contributed by atoms with Crippen LogP contribution in [0.1, 0.15) is 33.6 Å². The first kappa shape index (κ1) is 16.4. The van der Waals surface area contributed by atoms with E-state index in [0.29, 0.717) is 25.0 Å². The average molecular weight is 283 g/mol. The number of hydrogen-bond donors (Lipinski definition) is 2. The maximum Gasteiger partial charge on any atom is 0.317 e. The van der Waals surface area contributed by atoms with Gasteiger partial charge in [0.2, 0.25) is 11.8 Å². The maximum absolute atomic E-state index is 11.5. The van der Waals surface area contributed by atoms with Crippen LogP contribution in [-0.2, 0) is 11.3 Å². The van der Waals surface area contributed by atoms with Gasteiger partial charge in [0, 0.05) is 26.2 Å². The lowest BCUT2D eigenvalue weighted by Crippen LogP contribution is -2.35.